The van der Waals surface area contributed by atoms with Gasteiger partial charge in [-0.1, -0.05) is 54.6 Å². The Bertz CT molecular complexity index is 1280. The summed E-state index contributed by atoms with van der Waals surface area (Å²) in [5.74, 6) is -0.123. The minimum atomic E-state index is -2.19. The second-order valence-electron chi connectivity index (χ2n) is 7.48. The summed E-state index contributed by atoms with van der Waals surface area (Å²) in [6, 6.07) is 20.9. The van der Waals surface area contributed by atoms with Gasteiger partial charge in [-0.2, -0.15) is 0 Å². The lowest BCUT2D eigenvalue weighted by atomic mass is 10.0. The van der Waals surface area contributed by atoms with Gasteiger partial charge in [0.25, 0.3) is 0 Å². The second-order valence-corrected chi connectivity index (χ2v) is 9.09. The Labute approximate surface area is 188 Å². The lowest BCUT2D eigenvalue weighted by Crippen LogP contribution is -2.25. The van der Waals surface area contributed by atoms with Crippen molar-refractivity contribution in [2.75, 3.05) is 12.8 Å². The SMILES string of the molecule is CSc1c(CC(=O)CNS(=O)O)cc(C)c2c3ccccc3n(Cc3ccccc3)c12. The van der Waals surface area contributed by atoms with Gasteiger partial charge < -0.3 is 4.57 Å². The minimum absolute atomic E-state index is 0.123. The highest BCUT2D eigenvalue weighted by Gasteiger charge is 2.20. The van der Waals surface area contributed by atoms with Gasteiger partial charge in [0.2, 0.25) is 11.3 Å². The van der Waals surface area contributed by atoms with Gasteiger partial charge in [0, 0.05) is 34.2 Å². The molecule has 0 radical (unpaired) electrons. The fraction of sp³-hybridized carbons (Fsp3) is 0.208. The van der Waals surface area contributed by atoms with Crippen molar-refractivity contribution in [3.63, 3.8) is 0 Å². The molecular formula is C24H24N2O3S2. The lowest BCUT2D eigenvalue weighted by Gasteiger charge is -2.15. The van der Waals surface area contributed by atoms with Crippen molar-refractivity contribution in [1.29, 1.82) is 0 Å². The van der Waals surface area contributed by atoms with E-state index < -0.39 is 11.3 Å². The molecule has 4 aromatic rings. The number of fused-ring (bicyclic) bond motifs is 3. The molecular weight excluding hydrogens is 428 g/mol. The standard InChI is InChI=1S/C24H24N2O3S2/c1-16-12-18(13-19(27)14-25-31(28)29)24(30-2)23-22(16)20-10-6-7-11-21(20)26(23)15-17-8-4-3-5-9-17/h3-12,25H,13-15H2,1-2H3,(H,28,29). The Morgan fingerprint density at radius 3 is 2.55 bits per heavy atom. The number of thioether (sulfide) groups is 1. The van der Waals surface area contributed by atoms with Gasteiger partial charge in [-0.05, 0) is 35.9 Å². The zero-order chi connectivity index (χ0) is 22.0. The van der Waals surface area contributed by atoms with Crippen LogP contribution in [0.2, 0.25) is 0 Å². The highest BCUT2D eigenvalue weighted by molar-refractivity contribution is 7.98. The van der Waals surface area contributed by atoms with Crippen LogP contribution in [0.3, 0.4) is 0 Å². The molecule has 31 heavy (non-hydrogen) atoms. The number of nitrogens with zero attached hydrogens (tertiary/aromatic N) is 1. The van der Waals surface area contributed by atoms with Crippen LogP contribution in [0, 0.1) is 6.92 Å². The third-order valence-corrected chi connectivity index (χ3v) is 6.69. The van der Waals surface area contributed by atoms with Crippen LogP contribution in [0.15, 0.2) is 65.6 Å². The molecule has 0 fully saturated rings. The molecule has 3 aromatic carbocycles. The van der Waals surface area contributed by atoms with Gasteiger partial charge in [0.05, 0.1) is 12.1 Å². The Balaban J connectivity index is 1.91. The van der Waals surface area contributed by atoms with E-state index in [1.807, 2.05) is 24.5 Å². The van der Waals surface area contributed by atoms with Crippen molar-refractivity contribution >= 4 is 50.6 Å². The topological polar surface area (TPSA) is 71.3 Å². The fourth-order valence-corrected chi connectivity index (χ4v) is 5.28. The van der Waals surface area contributed by atoms with Crippen molar-refractivity contribution in [3.8, 4) is 0 Å². The van der Waals surface area contributed by atoms with Gasteiger partial charge in [-0.3, -0.25) is 9.35 Å². The number of nitrogens with one attached hydrogen (secondary N) is 1. The molecule has 5 nitrogen and oxygen atoms in total. The summed E-state index contributed by atoms with van der Waals surface area (Å²) in [5, 5.41) is 2.41. The van der Waals surface area contributed by atoms with Crippen molar-refractivity contribution in [1.82, 2.24) is 9.29 Å². The molecule has 0 saturated carbocycles. The third-order valence-electron chi connectivity index (χ3n) is 5.43. The van der Waals surface area contributed by atoms with Crippen molar-refractivity contribution < 1.29 is 13.6 Å². The number of ketones is 1. The van der Waals surface area contributed by atoms with E-state index in [1.165, 1.54) is 21.9 Å². The number of hydrogen-bond acceptors (Lipinski definition) is 3. The maximum absolute atomic E-state index is 12.5. The highest BCUT2D eigenvalue weighted by Crippen LogP contribution is 2.39. The van der Waals surface area contributed by atoms with Gasteiger partial charge >= 0.3 is 0 Å². The molecule has 2 N–H and O–H groups in total. The largest absolute Gasteiger partial charge is 0.335 e. The maximum Gasteiger partial charge on any atom is 0.232 e. The van der Waals surface area contributed by atoms with Crippen LogP contribution < -0.4 is 4.72 Å². The summed E-state index contributed by atoms with van der Waals surface area (Å²) in [6.45, 7) is 2.68. The molecule has 0 aliphatic heterocycles. The van der Waals surface area contributed by atoms with E-state index >= 15 is 0 Å². The second kappa shape index (κ2) is 9.36. The van der Waals surface area contributed by atoms with E-state index in [2.05, 4.69) is 58.7 Å². The molecule has 0 spiro atoms. The van der Waals surface area contributed by atoms with E-state index in [0.29, 0.717) is 0 Å². The summed E-state index contributed by atoms with van der Waals surface area (Å²) in [7, 11) is 0. The fourth-order valence-electron chi connectivity index (χ4n) is 4.20. The Kier molecular flexibility index (Phi) is 6.57. The quantitative estimate of drug-likeness (QED) is 0.300. The number of hydrogen-bond donors (Lipinski definition) is 2. The first-order chi connectivity index (χ1) is 15.0. The summed E-state index contributed by atoms with van der Waals surface area (Å²) < 4.78 is 24.4. The molecule has 1 atom stereocenters. The van der Waals surface area contributed by atoms with Crippen molar-refractivity contribution in [2.24, 2.45) is 0 Å². The summed E-state index contributed by atoms with van der Waals surface area (Å²) in [6.07, 6.45) is 2.24. The third kappa shape index (κ3) is 4.45. The lowest BCUT2D eigenvalue weighted by molar-refractivity contribution is -0.117. The summed E-state index contributed by atoms with van der Waals surface area (Å²) >= 11 is -0.558. The molecule has 7 heteroatoms. The van der Waals surface area contributed by atoms with Crippen LogP contribution in [0.5, 0.6) is 0 Å². The Hall–Kier alpha value is -2.45. The molecule has 1 aromatic heterocycles. The Morgan fingerprint density at radius 2 is 1.84 bits per heavy atom. The van der Waals surface area contributed by atoms with E-state index in [-0.39, 0.29) is 18.7 Å². The number of carbonyl (C=O) groups excluding carboxylic acids is 1. The van der Waals surface area contributed by atoms with E-state index in [4.69, 9.17) is 4.55 Å². The average molecular weight is 453 g/mol. The minimum Gasteiger partial charge on any atom is -0.335 e. The first-order valence-electron chi connectivity index (χ1n) is 9.97. The number of aryl methyl sites for hydroxylation is 1. The van der Waals surface area contributed by atoms with Crippen LogP contribution in [0.1, 0.15) is 16.7 Å². The monoisotopic (exact) mass is 452 g/mol. The van der Waals surface area contributed by atoms with E-state index in [9.17, 15) is 9.00 Å². The molecule has 0 bridgehead atoms. The van der Waals surface area contributed by atoms with Gasteiger partial charge in [0.1, 0.15) is 0 Å². The zero-order valence-electron chi connectivity index (χ0n) is 17.4. The first-order valence-corrected chi connectivity index (χ1v) is 12.3. The van der Waals surface area contributed by atoms with Gasteiger partial charge in [0.15, 0.2) is 5.78 Å². The Morgan fingerprint density at radius 1 is 1.13 bits per heavy atom. The summed E-state index contributed by atoms with van der Waals surface area (Å²) in [4.78, 5) is 13.5. The molecule has 4 rings (SSSR count). The molecule has 0 aliphatic carbocycles. The number of rotatable bonds is 8. The number of benzene rings is 3. The normalized spacial score (nSPS) is 12.5. The van der Waals surface area contributed by atoms with E-state index in [1.54, 1.807) is 11.8 Å². The molecule has 160 valence electrons. The number of carbonyl (C=O) groups is 1. The number of para-hydroxylation sites is 1. The average Bonchev–Trinajstić information content (AvgIpc) is 3.08. The van der Waals surface area contributed by atoms with Crippen LogP contribution in [0.4, 0.5) is 0 Å². The van der Waals surface area contributed by atoms with Crippen LogP contribution >= 0.6 is 11.8 Å². The molecule has 0 amide bonds. The van der Waals surface area contributed by atoms with Crippen LogP contribution in [-0.2, 0) is 29.0 Å². The first kappa shape index (κ1) is 21.8. The maximum atomic E-state index is 12.5. The van der Waals surface area contributed by atoms with Gasteiger partial charge in [-0.15, -0.1) is 11.8 Å². The molecule has 0 saturated heterocycles. The van der Waals surface area contributed by atoms with Crippen LogP contribution in [-0.4, -0.2) is 31.9 Å². The summed E-state index contributed by atoms with van der Waals surface area (Å²) in [5.41, 5.74) is 5.59. The van der Waals surface area contributed by atoms with Crippen molar-refractivity contribution in [2.45, 2.75) is 24.8 Å². The number of Topliss-reactive ketones (excluding diaryl/α,β-unsaturated/α-hetero) is 1. The highest BCUT2D eigenvalue weighted by atomic mass is 32.2. The molecule has 0 aliphatic rings. The zero-order valence-corrected chi connectivity index (χ0v) is 19.1. The van der Waals surface area contributed by atoms with E-state index in [0.717, 1.165) is 28.1 Å². The van der Waals surface area contributed by atoms with Crippen LogP contribution in [0.25, 0.3) is 21.8 Å². The smallest absolute Gasteiger partial charge is 0.232 e. The molecule has 1 unspecified atom stereocenters. The van der Waals surface area contributed by atoms with Crippen molar-refractivity contribution in [3.05, 3.63) is 77.4 Å². The predicted octanol–water partition coefficient (Wildman–Crippen LogP) is 4.71. The van der Waals surface area contributed by atoms with Gasteiger partial charge in [-0.25, -0.2) is 8.93 Å². The molecule has 1 heterocycles. The number of aromatic nitrogens is 1. The predicted molar refractivity (Wildman–Crippen MR) is 129 cm³/mol.